The van der Waals surface area contributed by atoms with Gasteiger partial charge in [-0.1, -0.05) is 18.5 Å². The molecule has 0 saturated carbocycles. The molecule has 1 aromatic carbocycles. The van der Waals surface area contributed by atoms with Crippen LogP contribution in [-0.4, -0.2) is 26.4 Å². The third-order valence-electron chi connectivity index (χ3n) is 4.04. The molecule has 27 heavy (non-hydrogen) atoms. The zero-order chi connectivity index (χ0) is 19.6. The summed E-state index contributed by atoms with van der Waals surface area (Å²) in [5.41, 5.74) is -0.863. The van der Waals surface area contributed by atoms with E-state index in [2.05, 4.69) is 10.1 Å². The Labute approximate surface area is 151 Å². The first-order chi connectivity index (χ1) is 12.8. The Kier molecular flexibility index (Phi) is 5.15. The third kappa shape index (κ3) is 3.93. The predicted octanol–water partition coefficient (Wildman–Crippen LogP) is 3.46. The Bertz CT molecular complexity index is 988. The van der Waals surface area contributed by atoms with Crippen LogP contribution >= 0.6 is 0 Å². The van der Waals surface area contributed by atoms with Crippen LogP contribution in [0.25, 0.3) is 11.0 Å². The molecule has 2 aromatic heterocycles. The number of halogens is 3. The van der Waals surface area contributed by atoms with Gasteiger partial charge in [-0.2, -0.15) is 13.2 Å². The quantitative estimate of drug-likeness (QED) is 0.608. The fourth-order valence-electron chi connectivity index (χ4n) is 2.87. The minimum atomic E-state index is -4.59. The predicted molar refractivity (Wildman–Crippen MR) is 89.8 cm³/mol. The van der Waals surface area contributed by atoms with E-state index in [0.717, 1.165) is 0 Å². The number of fused-ring (bicyclic) bond motifs is 1. The molecule has 0 aliphatic carbocycles. The van der Waals surface area contributed by atoms with Gasteiger partial charge in [0.25, 0.3) is 0 Å². The standard InChI is InChI=1S/C17H18F3N3O4/c1-2-4-10-12(26-8-3-7-23-9-13(24)21-16(23)25)6-5-11-14(10)27-22-15(11)17(18,19)20/h5-6,9,24H,2-4,7-8H2,1H3,(H,21,25). The molecule has 10 heteroatoms. The molecule has 0 aliphatic heterocycles. The number of hydrogen-bond acceptors (Lipinski definition) is 5. The van der Waals surface area contributed by atoms with Crippen molar-refractivity contribution in [2.75, 3.05) is 6.61 Å². The highest BCUT2D eigenvalue weighted by molar-refractivity contribution is 5.85. The van der Waals surface area contributed by atoms with Crippen LogP contribution in [0.5, 0.6) is 11.6 Å². The van der Waals surface area contributed by atoms with Crippen LogP contribution in [-0.2, 0) is 19.1 Å². The smallest absolute Gasteiger partial charge is 0.437 e. The van der Waals surface area contributed by atoms with Gasteiger partial charge in [-0.15, -0.1) is 0 Å². The molecule has 2 heterocycles. The topological polar surface area (TPSA) is 93.3 Å². The summed E-state index contributed by atoms with van der Waals surface area (Å²) >= 11 is 0. The summed E-state index contributed by atoms with van der Waals surface area (Å²) < 4.78 is 51.0. The lowest BCUT2D eigenvalue weighted by Crippen LogP contribution is -2.17. The van der Waals surface area contributed by atoms with Crippen molar-refractivity contribution in [3.8, 4) is 11.6 Å². The van der Waals surface area contributed by atoms with Crippen molar-refractivity contribution in [1.82, 2.24) is 14.7 Å². The molecule has 0 spiro atoms. The summed E-state index contributed by atoms with van der Waals surface area (Å²) in [5.74, 6) is 0.209. The van der Waals surface area contributed by atoms with Crippen molar-refractivity contribution in [3.63, 3.8) is 0 Å². The number of benzene rings is 1. The number of aromatic nitrogens is 3. The van der Waals surface area contributed by atoms with E-state index in [9.17, 15) is 23.1 Å². The molecular formula is C17H18F3N3O4. The second kappa shape index (κ2) is 7.37. The molecule has 0 saturated heterocycles. The van der Waals surface area contributed by atoms with Crippen molar-refractivity contribution in [3.05, 3.63) is 40.1 Å². The number of hydrogen-bond donors (Lipinski definition) is 2. The van der Waals surface area contributed by atoms with Gasteiger partial charge in [-0.05, 0) is 25.0 Å². The Morgan fingerprint density at radius 2 is 2.15 bits per heavy atom. The zero-order valence-electron chi connectivity index (χ0n) is 14.5. The van der Waals surface area contributed by atoms with E-state index in [1.807, 2.05) is 6.92 Å². The van der Waals surface area contributed by atoms with Crippen molar-refractivity contribution >= 4 is 11.0 Å². The van der Waals surface area contributed by atoms with Crippen molar-refractivity contribution in [1.29, 1.82) is 0 Å². The number of nitrogens with zero attached hydrogens (tertiary/aromatic N) is 2. The van der Waals surface area contributed by atoms with Gasteiger partial charge in [-0.3, -0.25) is 9.55 Å². The monoisotopic (exact) mass is 385 g/mol. The summed E-state index contributed by atoms with van der Waals surface area (Å²) in [6, 6.07) is 2.77. The van der Waals surface area contributed by atoms with Crippen molar-refractivity contribution < 1.29 is 27.5 Å². The van der Waals surface area contributed by atoms with Gasteiger partial charge in [0.15, 0.2) is 11.3 Å². The summed E-state index contributed by atoms with van der Waals surface area (Å²) in [5, 5.41) is 12.3. The van der Waals surface area contributed by atoms with E-state index in [1.54, 1.807) is 0 Å². The molecule has 7 nitrogen and oxygen atoms in total. The lowest BCUT2D eigenvalue weighted by Gasteiger charge is -2.11. The van der Waals surface area contributed by atoms with Gasteiger partial charge < -0.3 is 14.4 Å². The van der Waals surface area contributed by atoms with Crippen LogP contribution in [0.4, 0.5) is 13.2 Å². The molecule has 3 aromatic rings. The number of H-pyrrole nitrogens is 1. The molecule has 0 bridgehead atoms. The van der Waals surface area contributed by atoms with Crippen molar-refractivity contribution in [2.45, 2.75) is 38.9 Å². The molecular weight excluding hydrogens is 367 g/mol. The summed E-state index contributed by atoms with van der Waals surface area (Å²) in [6.07, 6.45) is -1.68. The first-order valence-electron chi connectivity index (χ1n) is 8.41. The van der Waals surface area contributed by atoms with Crippen LogP contribution < -0.4 is 10.4 Å². The average Bonchev–Trinajstić information content (AvgIpc) is 3.16. The lowest BCUT2D eigenvalue weighted by atomic mass is 10.0. The molecule has 2 N–H and O–H groups in total. The number of imidazole rings is 1. The van der Waals surface area contributed by atoms with Crippen LogP contribution in [0.2, 0.25) is 0 Å². The highest BCUT2D eigenvalue weighted by Crippen LogP contribution is 2.38. The van der Waals surface area contributed by atoms with Gasteiger partial charge in [-0.25, -0.2) is 4.79 Å². The van der Waals surface area contributed by atoms with Crippen LogP contribution in [0.15, 0.2) is 27.6 Å². The summed E-state index contributed by atoms with van der Waals surface area (Å²) in [7, 11) is 0. The van der Waals surface area contributed by atoms with E-state index >= 15 is 0 Å². The number of nitrogens with one attached hydrogen (secondary N) is 1. The maximum atomic E-state index is 13.0. The van der Waals surface area contributed by atoms with Gasteiger partial charge in [0.2, 0.25) is 5.88 Å². The lowest BCUT2D eigenvalue weighted by molar-refractivity contribution is -0.141. The Balaban J connectivity index is 1.76. The third-order valence-corrected chi connectivity index (χ3v) is 4.04. The molecule has 146 valence electrons. The van der Waals surface area contributed by atoms with Gasteiger partial charge >= 0.3 is 11.9 Å². The zero-order valence-corrected chi connectivity index (χ0v) is 14.5. The Hall–Kier alpha value is -2.91. The van der Waals surface area contributed by atoms with E-state index in [4.69, 9.17) is 9.26 Å². The maximum absolute atomic E-state index is 13.0. The molecule has 0 unspecified atom stereocenters. The van der Waals surface area contributed by atoms with Crippen LogP contribution in [0.3, 0.4) is 0 Å². The molecule has 3 rings (SSSR count). The number of aromatic hydroxyl groups is 1. The highest BCUT2D eigenvalue weighted by Gasteiger charge is 2.37. The van der Waals surface area contributed by atoms with Gasteiger partial charge in [0.1, 0.15) is 5.75 Å². The highest BCUT2D eigenvalue weighted by atomic mass is 19.4. The van der Waals surface area contributed by atoms with Crippen molar-refractivity contribution in [2.24, 2.45) is 0 Å². The van der Waals surface area contributed by atoms with Crippen LogP contribution in [0, 0.1) is 0 Å². The molecule has 0 radical (unpaired) electrons. The fraction of sp³-hybridized carbons (Fsp3) is 0.412. The number of aryl methyl sites for hydroxylation is 2. The molecule has 0 fully saturated rings. The number of ether oxygens (including phenoxy) is 1. The maximum Gasteiger partial charge on any atom is 0.437 e. The van der Waals surface area contributed by atoms with E-state index in [0.29, 0.717) is 37.1 Å². The molecule has 0 atom stereocenters. The minimum Gasteiger partial charge on any atom is -0.493 e. The van der Waals surface area contributed by atoms with Gasteiger partial charge in [0, 0.05) is 12.1 Å². The second-order valence-electron chi connectivity index (χ2n) is 6.04. The van der Waals surface area contributed by atoms with Crippen LogP contribution in [0.1, 0.15) is 31.0 Å². The number of rotatable bonds is 7. The van der Waals surface area contributed by atoms with E-state index in [-0.39, 0.29) is 23.5 Å². The summed E-state index contributed by atoms with van der Waals surface area (Å²) in [4.78, 5) is 13.7. The number of alkyl halides is 3. The summed E-state index contributed by atoms with van der Waals surface area (Å²) in [6.45, 7) is 2.46. The average molecular weight is 385 g/mol. The first-order valence-corrected chi connectivity index (χ1v) is 8.41. The largest absolute Gasteiger partial charge is 0.493 e. The van der Waals surface area contributed by atoms with E-state index in [1.165, 1.54) is 22.9 Å². The Morgan fingerprint density at radius 1 is 1.37 bits per heavy atom. The molecule has 0 aliphatic rings. The Morgan fingerprint density at radius 3 is 2.78 bits per heavy atom. The number of aromatic amines is 1. The normalized spacial score (nSPS) is 12.0. The SMILES string of the molecule is CCCc1c(OCCCn2cc(O)[nH]c2=O)ccc2c(C(F)(F)F)noc12. The second-order valence-corrected chi connectivity index (χ2v) is 6.04. The van der Waals surface area contributed by atoms with E-state index < -0.39 is 17.6 Å². The minimum absolute atomic E-state index is 0.0773. The van der Waals surface area contributed by atoms with Gasteiger partial charge in [0.05, 0.1) is 18.2 Å². The fourth-order valence-corrected chi connectivity index (χ4v) is 2.87. The molecule has 0 amide bonds. The first kappa shape index (κ1) is 18.9.